The fourth-order valence-electron chi connectivity index (χ4n) is 3.39. The number of carbonyl (C=O) groups is 2. The molecule has 0 fully saturated rings. The molecule has 1 aromatic heterocycles. The van der Waals surface area contributed by atoms with Crippen LogP contribution >= 0.6 is 27.3 Å². The summed E-state index contributed by atoms with van der Waals surface area (Å²) >= 11 is 4.98. The van der Waals surface area contributed by atoms with Crippen molar-refractivity contribution in [1.29, 1.82) is 0 Å². The van der Waals surface area contributed by atoms with Gasteiger partial charge in [0.25, 0.3) is 0 Å². The molecule has 32 heavy (non-hydrogen) atoms. The van der Waals surface area contributed by atoms with Crippen molar-refractivity contribution >= 4 is 61.9 Å². The second-order valence-corrected chi connectivity index (χ2v) is 9.39. The molecule has 0 unspecified atom stereocenters. The average molecular weight is 514 g/mol. The summed E-state index contributed by atoms with van der Waals surface area (Å²) in [4.78, 5) is 33.1. The summed E-state index contributed by atoms with van der Waals surface area (Å²) in [6, 6.07) is 16.3. The molecule has 1 N–H and O–H groups in total. The van der Waals surface area contributed by atoms with Gasteiger partial charge in [0.2, 0.25) is 11.8 Å². The van der Waals surface area contributed by atoms with E-state index in [0.717, 1.165) is 8.66 Å². The number of anilines is 2. The summed E-state index contributed by atoms with van der Waals surface area (Å²) in [5.74, 6) is 0.539. The number of thiophene rings is 1. The van der Waals surface area contributed by atoms with Gasteiger partial charge >= 0.3 is 0 Å². The Labute approximate surface area is 197 Å². The van der Waals surface area contributed by atoms with Crippen LogP contribution in [0.1, 0.15) is 11.3 Å². The lowest BCUT2D eigenvalue weighted by Crippen LogP contribution is -2.38. The predicted molar refractivity (Wildman–Crippen MR) is 130 cm³/mol. The van der Waals surface area contributed by atoms with Crippen LogP contribution in [0.3, 0.4) is 0 Å². The Bertz CT molecular complexity index is 1210. The molecule has 0 saturated carbocycles. The Hall–Kier alpha value is -3.17. The Kier molecular flexibility index (Phi) is 6.57. The summed E-state index contributed by atoms with van der Waals surface area (Å²) in [7, 11) is 3.07. The second-order valence-electron chi connectivity index (χ2n) is 6.93. The van der Waals surface area contributed by atoms with Crippen molar-refractivity contribution in [3.8, 4) is 11.5 Å². The van der Waals surface area contributed by atoms with Crippen LogP contribution in [-0.2, 0) is 9.59 Å². The number of hydrogen-bond acceptors (Lipinski definition) is 6. The van der Waals surface area contributed by atoms with E-state index in [1.165, 1.54) is 23.3 Å². The lowest BCUT2D eigenvalue weighted by Gasteiger charge is -2.22. The number of fused-ring (bicyclic) bond motifs is 1. The molecule has 4 rings (SSSR count). The lowest BCUT2D eigenvalue weighted by atomic mass is 10.2. The first-order valence-corrected chi connectivity index (χ1v) is 11.3. The number of halogens is 1. The minimum absolute atomic E-state index is 0.102. The molecule has 9 heteroatoms. The van der Waals surface area contributed by atoms with E-state index in [1.807, 2.05) is 30.3 Å². The van der Waals surface area contributed by atoms with Gasteiger partial charge in [-0.25, -0.2) is 4.99 Å². The SMILES string of the molecule is COc1ccc(NC(=O)CN2C(=O)CC(c3ccc(Br)s3)=Nc3ccccc32)cc1OC. The van der Waals surface area contributed by atoms with Crippen molar-refractivity contribution in [1.82, 2.24) is 0 Å². The minimum atomic E-state index is -0.331. The van der Waals surface area contributed by atoms with Crippen LogP contribution in [0.4, 0.5) is 17.1 Å². The molecule has 0 spiro atoms. The zero-order valence-corrected chi connectivity index (χ0v) is 19.8. The molecule has 0 bridgehead atoms. The van der Waals surface area contributed by atoms with E-state index in [0.29, 0.717) is 34.3 Å². The third-order valence-electron chi connectivity index (χ3n) is 4.87. The standard InChI is InChI=1S/C23H20BrN3O4S/c1-30-18-8-7-14(11-19(18)31-2)25-22(28)13-27-17-6-4-3-5-15(17)26-16(12-23(27)29)20-9-10-21(24)32-20/h3-11H,12-13H2,1-2H3,(H,25,28). The number of nitrogens with zero attached hydrogens (tertiary/aromatic N) is 2. The average Bonchev–Trinajstić information content (AvgIpc) is 3.17. The normalized spacial score (nSPS) is 13.2. The second kappa shape index (κ2) is 9.54. The third kappa shape index (κ3) is 4.68. The van der Waals surface area contributed by atoms with Crippen LogP contribution in [0.2, 0.25) is 0 Å². The monoisotopic (exact) mass is 513 g/mol. The first-order valence-electron chi connectivity index (χ1n) is 9.73. The maximum absolute atomic E-state index is 13.2. The largest absolute Gasteiger partial charge is 0.493 e. The van der Waals surface area contributed by atoms with Crippen LogP contribution < -0.4 is 19.7 Å². The first-order chi connectivity index (χ1) is 15.5. The molecule has 1 aliphatic rings. The summed E-state index contributed by atoms with van der Waals surface area (Å²) in [6.45, 7) is -0.138. The van der Waals surface area contributed by atoms with E-state index >= 15 is 0 Å². The van der Waals surface area contributed by atoms with E-state index in [2.05, 4.69) is 21.2 Å². The van der Waals surface area contributed by atoms with E-state index < -0.39 is 0 Å². The number of benzene rings is 2. The van der Waals surface area contributed by atoms with Gasteiger partial charge in [0.05, 0.1) is 46.4 Å². The highest BCUT2D eigenvalue weighted by Gasteiger charge is 2.27. The van der Waals surface area contributed by atoms with Crippen molar-refractivity contribution in [2.45, 2.75) is 6.42 Å². The first kappa shape index (κ1) is 22.0. The Morgan fingerprint density at radius 3 is 2.62 bits per heavy atom. The van der Waals surface area contributed by atoms with E-state index in [4.69, 9.17) is 14.5 Å². The molecule has 2 aromatic carbocycles. The van der Waals surface area contributed by atoms with Gasteiger partial charge in [-0.05, 0) is 52.3 Å². The van der Waals surface area contributed by atoms with Crippen molar-refractivity contribution < 1.29 is 19.1 Å². The van der Waals surface area contributed by atoms with Crippen molar-refractivity contribution in [2.75, 3.05) is 31.0 Å². The van der Waals surface area contributed by atoms with Crippen LogP contribution in [0, 0.1) is 0 Å². The fraction of sp³-hybridized carbons (Fsp3) is 0.174. The summed E-state index contributed by atoms with van der Waals surface area (Å²) < 4.78 is 11.5. The van der Waals surface area contributed by atoms with Gasteiger partial charge in [0.1, 0.15) is 6.54 Å². The van der Waals surface area contributed by atoms with Gasteiger partial charge in [-0.2, -0.15) is 0 Å². The predicted octanol–water partition coefficient (Wildman–Crippen LogP) is 5.02. The van der Waals surface area contributed by atoms with Gasteiger partial charge in [-0.1, -0.05) is 12.1 Å². The van der Waals surface area contributed by atoms with Gasteiger partial charge in [0.15, 0.2) is 11.5 Å². The van der Waals surface area contributed by atoms with Crippen LogP contribution in [-0.4, -0.2) is 38.3 Å². The van der Waals surface area contributed by atoms with E-state index in [1.54, 1.807) is 31.4 Å². The van der Waals surface area contributed by atoms with E-state index in [-0.39, 0.29) is 24.8 Å². The summed E-state index contributed by atoms with van der Waals surface area (Å²) in [6.07, 6.45) is 0.102. The van der Waals surface area contributed by atoms with Crippen molar-refractivity contribution in [3.63, 3.8) is 0 Å². The van der Waals surface area contributed by atoms with Crippen LogP contribution in [0.25, 0.3) is 0 Å². The molecule has 2 heterocycles. The van der Waals surface area contributed by atoms with Gasteiger partial charge in [-0.15, -0.1) is 11.3 Å². The topological polar surface area (TPSA) is 80.2 Å². The quantitative estimate of drug-likeness (QED) is 0.501. The molecule has 3 aromatic rings. The maximum Gasteiger partial charge on any atom is 0.244 e. The summed E-state index contributed by atoms with van der Waals surface area (Å²) in [5.41, 5.74) is 2.48. The van der Waals surface area contributed by atoms with E-state index in [9.17, 15) is 9.59 Å². The fourth-order valence-corrected chi connectivity index (χ4v) is 4.76. The molecule has 0 radical (unpaired) electrons. The zero-order valence-electron chi connectivity index (χ0n) is 17.4. The van der Waals surface area contributed by atoms with Gasteiger partial charge in [-0.3, -0.25) is 9.59 Å². The molecule has 0 aliphatic carbocycles. The number of para-hydroxylation sites is 2. The highest BCUT2D eigenvalue weighted by Crippen LogP contribution is 2.35. The maximum atomic E-state index is 13.2. The van der Waals surface area contributed by atoms with Crippen LogP contribution in [0.15, 0.2) is 63.4 Å². The number of amides is 2. The number of carbonyl (C=O) groups excluding carboxylic acids is 2. The number of rotatable bonds is 6. The lowest BCUT2D eigenvalue weighted by molar-refractivity contribution is -0.120. The number of nitrogens with one attached hydrogen (secondary N) is 1. The van der Waals surface area contributed by atoms with Crippen LogP contribution in [0.5, 0.6) is 11.5 Å². The summed E-state index contributed by atoms with van der Waals surface area (Å²) in [5, 5.41) is 2.82. The molecule has 0 saturated heterocycles. The number of aliphatic imine (C=N–C) groups is 1. The minimum Gasteiger partial charge on any atom is -0.493 e. The smallest absolute Gasteiger partial charge is 0.244 e. The molecular formula is C23H20BrN3O4S. The third-order valence-corrected chi connectivity index (χ3v) is 6.55. The number of ether oxygens (including phenoxy) is 2. The van der Waals surface area contributed by atoms with Crippen molar-refractivity contribution in [2.24, 2.45) is 4.99 Å². The molecule has 1 aliphatic heterocycles. The molecule has 2 amide bonds. The molecule has 7 nitrogen and oxygen atoms in total. The Morgan fingerprint density at radius 2 is 1.91 bits per heavy atom. The highest BCUT2D eigenvalue weighted by molar-refractivity contribution is 9.11. The Morgan fingerprint density at radius 1 is 1.12 bits per heavy atom. The van der Waals surface area contributed by atoms with Gasteiger partial charge < -0.3 is 19.7 Å². The molecule has 0 atom stereocenters. The Balaban J connectivity index is 1.57. The number of hydrogen-bond donors (Lipinski definition) is 1. The van der Waals surface area contributed by atoms with Gasteiger partial charge in [0, 0.05) is 11.8 Å². The van der Waals surface area contributed by atoms with Crippen molar-refractivity contribution in [3.05, 3.63) is 63.3 Å². The zero-order chi connectivity index (χ0) is 22.7. The molecular weight excluding hydrogens is 494 g/mol. The highest BCUT2D eigenvalue weighted by atomic mass is 79.9. The molecule has 164 valence electrons. The number of methoxy groups -OCH3 is 2.